The van der Waals surface area contributed by atoms with Crippen LogP contribution in [0.3, 0.4) is 0 Å². The van der Waals surface area contributed by atoms with Gasteiger partial charge in [-0.15, -0.1) is 0 Å². The van der Waals surface area contributed by atoms with Gasteiger partial charge in [0.1, 0.15) is 17.2 Å². The van der Waals surface area contributed by atoms with Gasteiger partial charge in [-0.25, -0.2) is 19.6 Å². The van der Waals surface area contributed by atoms with Crippen molar-refractivity contribution < 1.29 is 19.4 Å². The Kier molecular flexibility index (Phi) is 7.50. The summed E-state index contributed by atoms with van der Waals surface area (Å²) < 4.78 is 5.62. The number of aromatic nitrogens is 4. The number of nitrogens with zero attached hydrogens (tertiary/aromatic N) is 4. The van der Waals surface area contributed by atoms with Gasteiger partial charge in [0.15, 0.2) is 0 Å². The van der Waals surface area contributed by atoms with Gasteiger partial charge in [-0.1, -0.05) is 48.5 Å². The summed E-state index contributed by atoms with van der Waals surface area (Å²) in [5.74, 6) is 1.48. The lowest BCUT2D eigenvalue weighted by molar-refractivity contribution is 0.0218. The zero-order valence-electron chi connectivity index (χ0n) is 26.3. The van der Waals surface area contributed by atoms with Gasteiger partial charge in [0.2, 0.25) is 0 Å². The molecule has 0 bridgehead atoms. The lowest BCUT2D eigenvalue weighted by atomic mass is 9.98. The van der Waals surface area contributed by atoms with Crippen LogP contribution >= 0.6 is 0 Å². The molecule has 5 aromatic rings. The van der Waals surface area contributed by atoms with Crippen LogP contribution in [-0.4, -0.2) is 65.7 Å². The quantitative estimate of drug-likeness (QED) is 0.182. The highest BCUT2D eigenvalue weighted by atomic mass is 16.6. The first-order valence-corrected chi connectivity index (χ1v) is 15.9. The van der Waals surface area contributed by atoms with Crippen molar-refractivity contribution in [1.82, 2.24) is 29.7 Å². The minimum atomic E-state index is -0.903. The fourth-order valence-corrected chi connectivity index (χ4v) is 6.61. The predicted molar refractivity (Wildman–Crippen MR) is 176 cm³/mol. The minimum Gasteiger partial charge on any atom is -0.465 e. The molecule has 2 unspecified atom stereocenters. The molecule has 4 heterocycles. The van der Waals surface area contributed by atoms with Crippen molar-refractivity contribution in [3.8, 4) is 33.6 Å². The summed E-state index contributed by atoms with van der Waals surface area (Å²) in [5.41, 5.74) is 5.51. The number of carbonyl (C=O) groups excluding carboxylic acids is 1. The van der Waals surface area contributed by atoms with Crippen LogP contribution in [0.15, 0.2) is 73.1 Å². The van der Waals surface area contributed by atoms with E-state index in [1.807, 2.05) is 27.0 Å². The van der Waals surface area contributed by atoms with Crippen LogP contribution in [0.25, 0.3) is 44.4 Å². The molecule has 2 fully saturated rings. The normalized spacial score (nSPS) is 18.4. The number of carbonyl (C=O) groups is 2. The number of likely N-dealkylation sites (tertiary alicyclic amines) is 2. The highest BCUT2D eigenvalue weighted by Gasteiger charge is 2.35. The number of amides is 2. The Morgan fingerprint density at radius 1 is 0.739 bits per heavy atom. The van der Waals surface area contributed by atoms with Crippen LogP contribution in [0.1, 0.15) is 70.2 Å². The molecule has 2 aliphatic rings. The molecule has 10 heteroatoms. The van der Waals surface area contributed by atoms with Gasteiger partial charge in [-0.3, -0.25) is 9.80 Å². The van der Waals surface area contributed by atoms with Gasteiger partial charge in [0.25, 0.3) is 0 Å². The highest BCUT2D eigenvalue weighted by molar-refractivity contribution is 5.90. The second-order valence-corrected chi connectivity index (χ2v) is 13.2. The van der Waals surface area contributed by atoms with Crippen molar-refractivity contribution in [2.24, 2.45) is 0 Å². The number of nitrogens with one attached hydrogen (secondary N) is 2. The third-order valence-electron chi connectivity index (χ3n) is 8.88. The van der Waals surface area contributed by atoms with Gasteiger partial charge in [-0.05, 0) is 86.1 Å². The standard InChI is InChI=1S/C36H38N6O4/c1-36(2,3)46-35(45)42-17-5-7-31(42)33-37-20-28(39-33)23-10-8-22(9-11-23)24-12-13-26-19-27(15-14-25(26)18-24)29-21-38-32(40-29)30-6-4-16-41(30)34(43)44/h8-15,18-21,30-31H,4-7,16-17H2,1-3H3,(H,37,39)(H,38,40)(H,43,44). The summed E-state index contributed by atoms with van der Waals surface area (Å²) in [6.07, 6.45) is 5.81. The van der Waals surface area contributed by atoms with Crippen LogP contribution in [0.5, 0.6) is 0 Å². The van der Waals surface area contributed by atoms with Gasteiger partial charge in [-0.2, -0.15) is 0 Å². The first-order chi connectivity index (χ1) is 22.1. The van der Waals surface area contributed by atoms with Crippen LogP contribution in [0, 0.1) is 0 Å². The average molecular weight is 619 g/mol. The number of ether oxygens (including phenoxy) is 1. The summed E-state index contributed by atoms with van der Waals surface area (Å²) in [6, 6.07) is 20.8. The maximum atomic E-state index is 12.8. The van der Waals surface area contributed by atoms with E-state index in [-0.39, 0.29) is 18.2 Å². The van der Waals surface area contributed by atoms with Crippen molar-refractivity contribution in [2.75, 3.05) is 13.1 Å². The molecule has 0 radical (unpaired) electrons. The van der Waals surface area contributed by atoms with Gasteiger partial charge >= 0.3 is 12.2 Å². The van der Waals surface area contributed by atoms with E-state index in [0.29, 0.717) is 18.9 Å². The fourth-order valence-electron chi connectivity index (χ4n) is 6.61. The Hall–Kier alpha value is -5.12. The van der Waals surface area contributed by atoms with Crippen LogP contribution < -0.4 is 0 Å². The Morgan fingerprint density at radius 2 is 1.24 bits per heavy atom. The van der Waals surface area contributed by atoms with Crippen molar-refractivity contribution in [2.45, 2.75) is 64.1 Å². The van der Waals surface area contributed by atoms with E-state index in [9.17, 15) is 14.7 Å². The molecule has 7 rings (SSSR count). The number of H-pyrrole nitrogens is 2. The Morgan fingerprint density at radius 3 is 1.85 bits per heavy atom. The monoisotopic (exact) mass is 618 g/mol. The summed E-state index contributed by atoms with van der Waals surface area (Å²) >= 11 is 0. The largest absolute Gasteiger partial charge is 0.465 e. The van der Waals surface area contributed by atoms with Crippen molar-refractivity contribution in [3.63, 3.8) is 0 Å². The zero-order valence-corrected chi connectivity index (χ0v) is 26.3. The molecule has 2 amide bonds. The summed E-state index contributed by atoms with van der Waals surface area (Å²) in [6.45, 7) is 6.85. The molecule has 46 heavy (non-hydrogen) atoms. The van der Waals surface area contributed by atoms with Crippen molar-refractivity contribution in [3.05, 3.63) is 84.7 Å². The molecule has 3 N–H and O–H groups in total. The molecule has 0 aliphatic carbocycles. The fraction of sp³-hybridized carbons (Fsp3) is 0.333. The molecule has 0 spiro atoms. The Balaban J connectivity index is 1.06. The average Bonchev–Trinajstić information content (AvgIpc) is 3.85. The molecule has 2 aliphatic heterocycles. The second-order valence-electron chi connectivity index (χ2n) is 13.2. The van der Waals surface area contributed by atoms with Gasteiger partial charge in [0.05, 0.1) is 35.9 Å². The van der Waals surface area contributed by atoms with Gasteiger partial charge in [0, 0.05) is 18.7 Å². The first kappa shape index (κ1) is 29.6. The van der Waals surface area contributed by atoms with E-state index in [0.717, 1.165) is 75.9 Å². The Labute approximate surface area is 267 Å². The van der Waals surface area contributed by atoms with Gasteiger partial charge < -0.3 is 19.8 Å². The highest BCUT2D eigenvalue weighted by Crippen LogP contribution is 2.35. The topological polar surface area (TPSA) is 127 Å². The maximum Gasteiger partial charge on any atom is 0.410 e. The van der Waals surface area contributed by atoms with E-state index >= 15 is 0 Å². The Bertz CT molecular complexity index is 1900. The van der Waals surface area contributed by atoms with Crippen molar-refractivity contribution in [1.29, 1.82) is 0 Å². The lowest BCUT2D eigenvalue weighted by Gasteiger charge is -2.27. The van der Waals surface area contributed by atoms with Crippen molar-refractivity contribution >= 4 is 23.0 Å². The summed E-state index contributed by atoms with van der Waals surface area (Å²) in [5, 5.41) is 11.7. The summed E-state index contributed by atoms with van der Waals surface area (Å²) in [4.78, 5) is 43.6. The van der Waals surface area contributed by atoms with E-state index in [1.54, 1.807) is 11.1 Å². The van der Waals surface area contributed by atoms with E-state index < -0.39 is 11.7 Å². The minimum absolute atomic E-state index is 0.120. The number of rotatable bonds is 5. The molecule has 236 valence electrons. The van der Waals surface area contributed by atoms with E-state index in [4.69, 9.17) is 4.74 Å². The third-order valence-corrected chi connectivity index (χ3v) is 8.88. The predicted octanol–water partition coefficient (Wildman–Crippen LogP) is 8.17. The SMILES string of the molecule is CC(C)(C)OC(=O)N1CCCC1c1ncc(-c2ccc(-c3ccc4cc(-c5cnc(C6CCCN6C(=O)O)[nH]5)ccc4c3)cc2)[nH]1. The first-order valence-electron chi connectivity index (χ1n) is 15.9. The molecular weight excluding hydrogens is 580 g/mol. The number of fused-ring (bicyclic) bond motifs is 1. The molecule has 3 aromatic carbocycles. The summed E-state index contributed by atoms with van der Waals surface area (Å²) in [7, 11) is 0. The smallest absolute Gasteiger partial charge is 0.410 e. The molecule has 2 aromatic heterocycles. The van der Waals surface area contributed by atoms with Crippen LogP contribution in [-0.2, 0) is 4.74 Å². The maximum absolute atomic E-state index is 12.8. The lowest BCUT2D eigenvalue weighted by Crippen LogP contribution is -2.36. The molecule has 2 atom stereocenters. The molecule has 0 saturated carbocycles. The van der Waals surface area contributed by atoms with E-state index in [1.165, 1.54) is 4.90 Å². The number of hydrogen-bond acceptors (Lipinski definition) is 5. The van der Waals surface area contributed by atoms with Crippen LogP contribution in [0.4, 0.5) is 9.59 Å². The van der Waals surface area contributed by atoms with E-state index in [2.05, 4.69) is 80.6 Å². The molecule has 2 saturated heterocycles. The van der Waals surface area contributed by atoms with Crippen LogP contribution in [0.2, 0.25) is 0 Å². The second kappa shape index (κ2) is 11.7. The number of hydrogen-bond donors (Lipinski definition) is 3. The zero-order chi connectivity index (χ0) is 32.0. The number of benzene rings is 3. The molecule has 10 nitrogen and oxygen atoms in total. The number of aromatic amines is 2. The third kappa shape index (κ3) is 5.82. The number of carboxylic acid groups (broad SMARTS) is 1. The molecular formula is C36H38N6O4. The number of imidazole rings is 2.